The van der Waals surface area contributed by atoms with Gasteiger partial charge in [0.25, 0.3) is 5.91 Å². The Morgan fingerprint density at radius 3 is 2.71 bits per heavy atom. The first-order valence-corrected chi connectivity index (χ1v) is 14.1. The normalized spacial score (nSPS) is 15.8. The van der Waals surface area contributed by atoms with Crippen molar-refractivity contribution in [3.05, 3.63) is 89.3 Å². The number of H-pyrrole nitrogens is 1. The van der Waals surface area contributed by atoms with E-state index in [0.717, 1.165) is 22.5 Å². The molecule has 222 valence electrons. The van der Waals surface area contributed by atoms with Crippen LogP contribution >= 0.6 is 0 Å². The minimum absolute atomic E-state index is 0.0110. The lowest BCUT2D eigenvalue weighted by atomic mass is 9.98. The molecule has 1 atom stereocenters. The Balaban J connectivity index is 1.33. The molecule has 0 aliphatic carbocycles. The van der Waals surface area contributed by atoms with Gasteiger partial charge in [0.2, 0.25) is 5.89 Å². The van der Waals surface area contributed by atoms with Gasteiger partial charge in [-0.1, -0.05) is 36.4 Å². The first kappa shape index (κ1) is 29.4. The number of piperidine rings is 1. The maximum atomic E-state index is 13.8. The molecule has 0 radical (unpaired) electrons. The molecule has 2 aromatic carbocycles. The number of ether oxygens (including phenoxy) is 1. The van der Waals surface area contributed by atoms with E-state index in [9.17, 15) is 22.8 Å². The van der Waals surface area contributed by atoms with Gasteiger partial charge in [-0.3, -0.25) is 14.5 Å². The Hall–Kier alpha value is -4.12. The van der Waals surface area contributed by atoms with Crippen LogP contribution in [0.3, 0.4) is 0 Å². The molecule has 8 nitrogen and oxygen atoms in total. The summed E-state index contributed by atoms with van der Waals surface area (Å²) in [5.74, 6) is -0.837. The summed E-state index contributed by atoms with van der Waals surface area (Å²) in [5, 5.41) is 1.06. The number of hydrogen-bond donors (Lipinski definition) is 1. The first-order chi connectivity index (χ1) is 20.2. The molecule has 0 bridgehead atoms. The van der Waals surface area contributed by atoms with Gasteiger partial charge < -0.3 is 19.0 Å². The molecule has 1 aliphatic rings. The van der Waals surface area contributed by atoms with E-state index in [1.165, 1.54) is 18.4 Å². The molecule has 2 aromatic heterocycles. The fraction of sp³-hybridized carbons (Fsp3) is 0.387. The fourth-order valence-corrected chi connectivity index (χ4v) is 5.46. The lowest BCUT2D eigenvalue weighted by Gasteiger charge is -2.30. The topological polar surface area (TPSA) is 91.7 Å². The van der Waals surface area contributed by atoms with Crippen molar-refractivity contribution >= 4 is 22.8 Å². The summed E-state index contributed by atoms with van der Waals surface area (Å²) in [5.41, 5.74) is 1.59. The van der Waals surface area contributed by atoms with Gasteiger partial charge in [0.05, 0.1) is 24.6 Å². The van der Waals surface area contributed by atoms with E-state index in [4.69, 9.17) is 9.15 Å². The number of rotatable bonds is 10. The van der Waals surface area contributed by atoms with Crippen LogP contribution in [-0.4, -0.2) is 57.9 Å². The van der Waals surface area contributed by atoms with Gasteiger partial charge in [-0.2, -0.15) is 13.2 Å². The Kier molecular flexibility index (Phi) is 8.96. The van der Waals surface area contributed by atoms with Crippen LogP contribution in [0.5, 0.6) is 0 Å². The van der Waals surface area contributed by atoms with Gasteiger partial charge >= 0.3 is 12.1 Å². The second kappa shape index (κ2) is 12.8. The lowest BCUT2D eigenvalue weighted by molar-refractivity contribution is -0.149. The fourth-order valence-electron chi connectivity index (χ4n) is 5.46. The Morgan fingerprint density at radius 2 is 1.90 bits per heavy atom. The van der Waals surface area contributed by atoms with Crippen LogP contribution < -0.4 is 0 Å². The van der Waals surface area contributed by atoms with Crippen molar-refractivity contribution in [2.24, 2.45) is 5.92 Å². The largest absolute Gasteiger partial charge is 0.466 e. The molecule has 1 saturated heterocycles. The number of likely N-dealkylation sites (tertiary alicyclic amines) is 1. The number of nitrogens with zero attached hydrogens (tertiary/aromatic N) is 3. The monoisotopic (exact) mass is 582 g/mol. The predicted molar refractivity (Wildman–Crippen MR) is 149 cm³/mol. The molecular weight excluding hydrogens is 549 g/mol. The molecule has 0 spiro atoms. The van der Waals surface area contributed by atoms with Gasteiger partial charge in [-0.15, -0.1) is 0 Å². The number of alkyl halides is 3. The second-order valence-corrected chi connectivity index (χ2v) is 10.4. The molecule has 0 saturated carbocycles. The summed E-state index contributed by atoms with van der Waals surface area (Å²) in [4.78, 5) is 36.4. The quantitative estimate of drug-likeness (QED) is 0.237. The zero-order chi connectivity index (χ0) is 29.7. The third kappa shape index (κ3) is 6.84. The van der Waals surface area contributed by atoms with Crippen molar-refractivity contribution in [3.8, 4) is 0 Å². The lowest BCUT2D eigenvalue weighted by Crippen LogP contribution is -2.43. The highest BCUT2D eigenvalue weighted by atomic mass is 19.4. The minimum Gasteiger partial charge on any atom is -0.466 e. The summed E-state index contributed by atoms with van der Waals surface area (Å²) in [7, 11) is 0. The number of aromatic nitrogens is 2. The number of benzene rings is 2. The van der Waals surface area contributed by atoms with Crippen molar-refractivity contribution in [1.82, 2.24) is 19.8 Å². The van der Waals surface area contributed by atoms with Crippen LogP contribution in [0.4, 0.5) is 13.2 Å². The van der Waals surface area contributed by atoms with E-state index in [2.05, 4.69) is 9.97 Å². The Bertz CT molecular complexity index is 1530. The summed E-state index contributed by atoms with van der Waals surface area (Å²) in [6, 6.07) is 13.4. The average molecular weight is 583 g/mol. The highest BCUT2D eigenvalue weighted by molar-refractivity contribution is 5.92. The van der Waals surface area contributed by atoms with E-state index in [1.807, 2.05) is 35.4 Å². The molecule has 5 rings (SSSR count). The zero-order valence-electron chi connectivity index (χ0n) is 23.3. The molecule has 42 heavy (non-hydrogen) atoms. The van der Waals surface area contributed by atoms with Crippen LogP contribution in [-0.2, 0) is 35.2 Å². The number of hydrogen-bond acceptors (Lipinski definition) is 6. The first-order valence-electron chi connectivity index (χ1n) is 14.1. The number of carbonyl (C=O) groups is 2. The third-order valence-electron chi connectivity index (χ3n) is 7.55. The van der Waals surface area contributed by atoms with Gasteiger partial charge in [-0.05, 0) is 49.4 Å². The number of oxazole rings is 1. The maximum absolute atomic E-state index is 13.8. The maximum Gasteiger partial charge on any atom is 0.416 e. The summed E-state index contributed by atoms with van der Waals surface area (Å²) < 4.78 is 52.1. The molecule has 1 amide bonds. The molecule has 1 fully saturated rings. The highest BCUT2D eigenvalue weighted by Gasteiger charge is 2.34. The molecule has 1 N–H and O–H groups in total. The highest BCUT2D eigenvalue weighted by Crippen LogP contribution is 2.33. The molecule has 11 heteroatoms. The SMILES string of the molecule is CCOC(=O)C1CCCN(C(=O)c2coc(CN(CCc3c[nH]c4ccccc34)Cc3ccccc3C(F)(F)F)n2)C1. The summed E-state index contributed by atoms with van der Waals surface area (Å²) >= 11 is 0. The van der Waals surface area contributed by atoms with Crippen LogP contribution in [0.2, 0.25) is 0 Å². The Morgan fingerprint density at radius 1 is 1.12 bits per heavy atom. The van der Waals surface area contributed by atoms with Crippen LogP contribution in [0, 0.1) is 5.92 Å². The van der Waals surface area contributed by atoms with Gasteiger partial charge in [0.15, 0.2) is 5.69 Å². The number of amides is 1. The number of esters is 1. The van der Waals surface area contributed by atoms with Gasteiger partial charge in [0, 0.05) is 43.3 Å². The third-order valence-corrected chi connectivity index (χ3v) is 7.55. The summed E-state index contributed by atoms with van der Waals surface area (Å²) in [6.07, 6.45) is 0.590. The average Bonchev–Trinajstić information content (AvgIpc) is 3.62. The van der Waals surface area contributed by atoms with Crippen LogP contribution in [0.25, 0.3) is 10.9 Å². The smallest absolute Gasteiger partial charge is 0.416 e. The van der Waals surface area contributed by atoms with E-state index >= 15 is 0 Å². The van der Waals surface area contributed by atoms with Crippen molar-refractivity contribution < 1.29 is 31.9 Å². The minimum atomic E-state index is -4.49. The Labute approximate surface area is 241 Å². The van der Waals surface area contributed by atoms with Crippen LogP contribution in [0.15, 0.2) is 65.4 Å². The number of fused-ring (bicyclic) bond motifs is 1. The number of carbonyl (C=O) groups excluding carboxylic acids is 2. The van der Waals surface area contributed by atoms with Crippen molar-refractivity contribution in [1.29, 1.82) is 0 Å². The van der Waals surface area contributed by atoms with Gasteiger partial charge in [0.1, 0.15) is 6.26 Å². The van der Waals surface area contributed by atoms with E-state index < -0.39 is 11.7 Å². The van der Waals surface area contributed by atoms with Crippen molar-refractivity contribution in [3.63, 3.8) is 0 Å². The zero-order valence-corrected chi connectivity index (χ0v) is 23.3. The standard InChI is InChI=1S/C31H33F3N4O4/c1-2-41-30(40)23-9-7-14-38(18-23)29(39)27-20-42-28(36-27)19-37(17-22-8-3-5-11-25(22)31(32,33)34)15-13-21-16-35-26-12-6-4-10-24(21)26/h3-6,8,10-12,16,20,23,35H,2,7,9,13-15,17-19H2,1H3. The van der Waals surface area contributed by atoms with E-state index in [0.29, 0.717) is 32.4 Å². The van der Waals surface area contributed by atoms with Gasteiger partial charge in [-0.25, -0.2) is 4.98 Å². The summed E-state index contributed by atoms with van der Waals surface area (Å²) in [6.45, 7) is 3.29. The molecule has 1 aliphatic heterocycles. The molecule has 4 aromatic rings. The van der Waals surface area contributed by atoms with Crippen molar-refractivity contribution in [2.45, 2.75) is 45.5 Å². The molecular formula is C31H33F3N4O4. The second-order valence-electron chi connectivity index (χ2n) is 10.4. The predicted octanol–water partition coefficient (Wildman–Crippen LogP) is 5.83. The van der Waals surface area contributed by atoms with E-state index in [-0.39, 0.29) is 61.2 Å². The van der Waals surface area contributed by atoms with Crippen LogP contribution in [0.1, 0.15) is 52.8 Å². The molecule has 1 unspecified atom stereocenters. The number of halogens is 3. The number of para-hydroxylation sites is 1. The van der Waals surface area contributed by atoms with E-state index in [1.54, 1.807) is 17.9 Å². The van der Waals surface area contributed by atoms with Crippen molar-refractivity contribution in [2.75, 3.05) is 26.2 Å². The molecule has 3 heterocycles. The number of aromatic amines is 1. The number of nitrogens with one attached hydrogen (secondary N) is 1.